The molecular formula is C18H25NO. The maximum absolute atomic E-state index is 5.76. The predicted octanol–water partition coefficient (Wildman–Crippen LogP) is 3.82. The van der Waals surface area contributed by atoms with Gasteiger partial charge in [-0.3, -0.25) is 0 Å². The molecule has 0 radical (unpaired) electrons. The largest absolute Gasteiger partial charge is 0.377 e. The number of rotatable bonds is 6. The van der Waals surface area contributed by atoms with Crippen LogP contribution in [0, 0.1) is 0 Å². The molecule has 20 heavy (non-hydrogen) atoms. The molecule has 2 aliphatic rings. The summed E-state index contributed by atoms with van der Waals surface area (Å²) >= 11 is 0. The molecule has 0 amide bonds. The molecule has 0 saturated carbocycles. The molecule has 2 aliphatic heterocycles. The van der Waals surface area contributed by atoms with Gasteiger partial charge in [0.15, 0.2) is 0 Å². The normalized spacial score (nSPS) is 25.3. The average Bonchev–Trinajstić information content (AvgIpc) is 2.48. The summed E-state index contributed by atoms with van der Waals surface area (Å²) in [7, 11) is 0. The summed E-state index contributed by atoms with van der Waals surface area (Å²) in [6, 6.07) is 11.8. The smallest absolute Gasteiger partial charge is 0.0716 e. The number of hydrogen-bond acceptors (Lipinski definition) is 2. The van der Waals surface area contributed by atoms with Crippen LogP contribution in [0.5, 0.6) is 0 Å². The highest BCUT2D eigenvalue weighted by atomic mass is 16.5. The molecule has 2 heterocycles. The molecule has 108 valence electrons. The van der Waals surface area contributed by atoms with Gasteiger partial charge in [0.2, 0.25) is 0 Å². The molecule has 0 aromatic heterocycles. The first-order valence-corrected chi connectivity index (χ1v) is 7.97. The van der Waals surface area contributed by atoms with E-state index in [4.69, 9.17) is 4.74 Å². The lowest BCUT2D eigenvalue weighted by molar-refractivity contribution is 0.118. The van der Waals surface area contributed by atoms with Gasteiger partial charge in [-0.2, -0.15) is 0 Å². The van der Waals surface area contributed by atoms with Crippen LogP contribution in [-0.4, -0.2) is 18.7 Å². The van der Waals surface area contributed by atoms with Crippen LogP contribution in [0.1, 0.15) is 44.1 Å². The van der Waals surface area contributed by atoms with Crippen molar-refractivity contribution in [3.05, 3.63) is 47.5 Å². The van der Waals surface area contributed by atoms with Crippen LogP contribution in [0.2, 0.25) is 0 Å². The molecule has 2 bridgehead atoms. The second-order valence-corrected chi connectivity index (χ2v) is 6.07. The monoisotopic (exact) mass is 271 g/mol. The number of hydrogen-bond donors (Lipinski definition) is 1. The lowest BCUT2D eigenvalue weighted by atomic mass is 9.86. The summed E-state index contributed by atoms with van der Waals surface area (Å²) in [6.45, 7) is 1.61. The number of fused-ring (bicyclic) bond motifs is 2. The highest BCUT2D eigenvalue weighted by Gasteiger charge is 2.24. The van der Waals surface area contributed by atoms with Gasteiger partial charge in [-0.1, -0.05) is 48.4 Å². The lowest BCUT2D eigenvalue weighted by Crippen LogP contribution is -2.44. The Kier molecular flexibility index (Phi) is 4.88. The predicted molar refractivity (Wildman–Crippen MR) is 82.6 cm³/mol. The van der Waals surface area contributed by atoms with Gasteiger partial charge < -0.3 is 10.1 Å². The minimum atomic E-state index is 0.655. The Morgan fingerprint density at radius 2 is 2.05 bits per heavy atom. The Morgan fingerprint density at radius 1 is 1.15 bits per heavy atom. The van der Waals surface area contributed by atoms with E-state index in [9.17, 15) is 0 Å². The summed E-state index contributed by atoms with van der Waals surface area (Å²) in [5, 5.41) is 3.70. The van der Waals surface area contributed by atoms with Crippen molar-refractivity contribution in [2.24, 2.45) is 0 Å². The molecule has 0 spiro atoms. The van der Waals surface area contributed by atoms with E-state index in [0.717, 1.165) is 25.7 Å². The fourth-order valence-corrected chi connectivity index (χ4v) is 3.37. The third-order valence-corrected chi connectivity index (χ3v) is 4.36. The quantitative estimate of drug-likeness (QED) is 0.627. The van der Waals surface area contributed by atoms with E-state index >= 15 is 0 Å². The minimum Gasteiger partial charge on any atom is -0.377 e. The maximum Gasteiger partial charge on any atom is 0.0716 e. The molecule has 1 aromatic carbocycles. The fraction of sp³-hybridized carbons (Fsp3) is 0.556. The number of nitrogens with one attached hydrogen (secondary N) is 1. The Balaban J connectivity index is 1.35. The Hall–Kier alpha value is -1.12. The zero-order valence-electron chi connectivity index (χ0n) is 12.2. The van der Waals surface area contributed by atoms with Crippen LogP contribution in [0.25, 0.3) is 0 Å². The van der Waals surface area contributed by atoms with Gasteiger partial charge in [-0.05, 0) is 37.7 Å². The third-order valence-electron chi connectivity index (χ3n) is 4.36. The van der Waals surface area contributed by atoms with Gasteiger partial charge in [0.25, 0.3) is 0 Å². The van der Waals surface area contributed by atoms with Crippen LogP contribution in [0.15, 0.2) is 42.0 Å². The van der Waals surface area contributed by atoms with Crippen molar-refractivity contribution in [3.8, 4) is 0 Å². The Morgan fingerprint density at radius 3 is 2.90 bits per heavy atom. The number of piperidine rings is 1. The number of ether oxygens (including phenoxy) is 1. The van der Waals surface area contributed by atoms with Crippen molar-refractivity contribution < 1.29 is 4.74 Å². The zero-order valence-corrected chi connectivity index (χ0v) is 12.2. The van der Waals surface area contributed by atoms with E-state index in [-0.39, 0.29) is 0 Å². The topological polar surface area (TPSA) is 21.3 Å². The molecule has 1 fully saturated rings. The molecule has 1 saturated heterocycles. The van der Waals surface area contributed by atoms with Crippen LogP contribution in [0.3, 0.4) is 0 Å². The lowest BCUT2D eigenvalue weighted by Gasteiger charge is -2.35. The van der Waals surface area contributed by atoms with Crippen molar-refractivity contribution >= 4 is 0 Å². The van der Waals surface area contributed by atoms with E-state index in [0.29, 0.717) is 6.04 Å². The maximum atomic E-state index is 5.76. The summed E-state index contributed by atoms with van der Waals surface area (Å²) in [5.74, 6) is 0. The average molecular weight is 271 g/mol. The van der Waals surface area contributed by atoms with E-state index < -0.39 is 0 Å². The van der Waals surface area contributed by atoms with Gasteiger partial charge in [-0.25, -0.2) is 0 Å². The molecule has 0 aliphatic carbocycles. The van der Waals surface area contributed by atoms with Crippen molar-refractivity contribution in [3.63, 3.8) is 0 Å². The third kappa shape index (κ3) is 3.94. The molecule has 2 nitrogen and oxygen atoms in total. The highest BCUT2D eigenvalue weighted by Crippen LogP contribution is 2.27. The first kappa shape index (κ1) is 13.8. The molecule has 3 rings (SSSR count). The van der Waals surface area contributed by atoms with Crippen LogP contribution in [-0.2, 0) is 11.3 Å². The molecule has 2 atom stereocenters. The van der Waals surface area contributed by atoms with Crippen molar-refractivity contribution in [1.29, 1.82) is 0 Å². The highest BCUT2D eigenvalue weighted by molar-refractivity contribution is 5.15. The molecule has 2 heteroatoms. The van der Waals surface area contributed by atoms with Gasteiger partial charge in [0, 0.05) is 18.7 Å². The minimum absolute atomic E-state index is 0.655. The number of benzene rings is 1. The Bertz CT molecular complexity index is 440. The SMILES string of the molecule is C1=C(CCCOCc2ccccc2)CC2CCCC1N2. The Labute approximate surface area is 122 Å². The van der Waals surface area contributed by atoms with Gasteiger partial charge in [0.05, 0.1) is 6.61 Å². The first-order valence-electron chi connectivity index (χ1n) is 7.97. The van der Waals surface area contributed by atoms with Crippen LogP contribution < -0.4 is 5.32 Å². The van der Waals surface area contributed by atoms with Crippen molar-refractivity contribution in [2.45, 2.75) is 57.2 Å². The summed E-state index contributed by atoms with van der Waals surface area (Å²) in [6.07, 6.45) is 10.2. The fourth-order valence-electron chi connectivity index (χ4n) is 3.37. The summed E-state index contributed by atoms with van der Waals surface area (Å²) in [5.41, 5.74) is 2.92. The molecular weight excluding hydrogens is 246 g/mol. The van der Waals surface area contributed by atoms with E-state index in [1.807, 2.05) is 6.07 Å². The van der Waals surface area contributed by atoms with Gasteiger partial charge in [-0.15, -0.1) is 0 Å². The standard InChI is InChI=1S/C18H25NO/c1-2-6-15(7-3-1)14-20-11-5-8-16-12-17-9-4-10-18(13-16)19-17/h1-3,6-7,12,17-19H,4-5,8-11,13-14H2. The van der Waals surface area contributed by atoms with Gasteiger partial charge >= 0.3 is 0 Å². The van der Waals surface area contributed by atoms with Crippen molar-refractivity contribution in [2.75, 3.05) is 6.61 Å². The molecule has 1 N–H and O–H groups in total. The molecule has 2 unspecified atom stereocenters. The second-order valence-electron chi connectivity index (χ2n) is 6.07. The van der Waals surface area contributed by atoms with E-state index in [1.54, 1.807) is 5.57 Å². The van der Waals surface area contributed by atoms with Crippen LogP contribution in [0.4, 0.5) is 0 Å². The van der Waals surface area contributed by atoms with Crippen molar-refractivity contribution in [1.82, 2.24) is 5.32 Å². The van der Waals surface area contributed by atoms with E-state index in [2.05, 4.69) is 35.7 Å². The summed E-state index contributed by atoms with van der Waals surface area (Å²) in [4.78, 5) is 0. The zero-order chi connectivity index (χ0) is 13.6. The summed E-state index contributed by atoms with van der Waals surface area (Å²) < 4.78 is 5.76. The molecule has 1 aromatic rings. The van der Waals surface area contributed by atoms with E-state index in [1.165, 1.54) is 37.7 Å². The second kappa shape index (κ2) is 7.05. The van der Waals surface area contributed by atoms with Crippen LogP contribution >= 0.6 is 0 Å². The van der Waals surface area contributed by atoms with Gasteiger partial charge in [0.1, 0.15) is 0 Å². The first-order chi connectivity index (χ1) is 9.90.